The topological polar surface area (TPSA) is 118 Å². The summed E-state index contributed by atoms with van der Waals surface area (Å²) in [6.07, 6.45) is 1.37. The third kappa shape index (κ3) is 3.76. The summed E-state index contributed by atoms with van der Waals surface area (Å²) in [6, 6.07) is 1.93. The maximum absolute atomic E-state index is 13.9. The lowest BCUT2D eigenvalue weighted by molar-refractivity contribution is 0.0691. The van der Waals surface area contributed by atoms with Gasteiger partial charge in [-0.3, -0.25) is 4.72 Å². The molecule has 0 bridgehead atoms. The number of carbonyl (C=O) groups is 1. The second-order valence-electron chi connectivity index (χ2n) is 4.70. The number of hydrogen-bond acceptors (Lipinski definition) is 6. The first-order valence-corrected chi connectivity index (χ1v) is 8.15. The number of sulfonamides is 1. The molecular formula is C14H13F2N3O5S. The van der Waals surface area contributed by atoms with Gasteiger partial charge in [0.05, 0.1) is 24.6 Å². The lowest BCUT2D eigenvalue weighted by atomic mass is 10.2. The van der Waals surface area contributed by atoms with E-state index in [1.54, 1.807) is 7.05 Å². The minimum atomic E-state index is -4.58. The molecule has 25 heavy (non-hydrogen) atoms. The van der Waals surface area contributed by atoms with Crippen LogP contribution in [0.3, 0.4) is 0 Å². The predicted molar refractivity (Wildman–Crippen MR) is 84.5 cm³/mol. The Morgan fingerprint density at radius 1 is 1.24 bits per heavy atom. The normalized spacial score (nSPS) is 11.0. The highest BCUT2D eigenvalue weighted by Crippen LogP contribution is 2.28. The van der Waals surface area contributed by atoms with Crippen molar-refractivity contribution in [2.75, 3.05) is 24.2 Å². The summed E-state index contributed by atoms with van der Waals surface area (Å²) in [4.78, 5) is 13.8. The van der Waals surface area contributed by atoms with Gasteiger partial charge in [-0.05, 0) is 12.1 Å². The van der Waals surface area contributed by atoms with Gasteiger partial charge >= 0.3 is 5.97 Å². The van der Waals surface area contributed by atoms with Crippen molar-refractivity contribution in [2.45, 2.75) is 4.90 Å². The van der Waals surface area contributed by atoms with E-state index in [0.717, 1.165) is 0 Å². The summed E-state index contributed by atoms with van der Waals surface area (Å²) >= 11 is 0. The zero-order valence-electron chi connectivity index (χ0n) is 13.0. The quantitative estimate of drug-likeness (QED) is 0.708. The highest BCUT2D eigenvalue weighted by molar-refractivity contribution is 7.92. The molecule has 1 heterocycles. The fraction of sp³-hybridized carbons (Fsp3) is 0.143. The van der Waals surface area contributed by atoms with Crippen molar-refractivity contribution < 1.29 is 31.8 Å². The molecule has 0 amide bonds. The number of pyridine rings is 1. The van der Waals surface area contributed by atoms with E-state index >= 15 is 0 Å². The Labute approximate surface area is 141 Å². The largest absolute Gasteiger partial charge is 0.479 e. The lowest BCUT2D eigenvalue weighted by Crippen LogP contribution is -2.17. The number of aromatic carboxylic acids is 1. The summed E-state index contributed by atoms with van der Waals surface area (Å²) < 4.78 is 59.1. The number of nitrogens with one attached hydrogen (secondary N) is 2. The molecule has 1 aromatic carbocycles. The summed E-state index contributed by atoms with van der Waals surface area (Å²) in [7, 11) is -1.76. The third-order valence-corrected chi connectivity index (χ3v) is 4.50. The molecule has 1 aromatic heterocycles. The van der Waals surface area contributed by atoms with E-state index in [2.05, 4.69) is 10.3 Å². The Hall–Kier alpha value is -2.95. The van der Waals surface area contributed by atoms with Crippen LogP contribution in [0.15, 0.2) is 29.3 Å². The average Bonchev–Trinajstić information content (AvgIpc) is 2.53. The van der Waals surface area contributed by atoms with Crippen molar-refractivity contribution in [3.8, 4) is 5.88 Å². The maximum atomic E-state index is 13.9. The van der Waals surface area contributed by atoms with Crippen LogP contribution in [0.1, 0.15) is 10.4 Å². The van der Waals surface area contributed by atoms with Gasteiger partial charge in [-0.25, -0.2) is 27.0 Å². The van der Waals surface area contributed by atoms with Gasteiger partial charge in [0.15, 0.2) is 0 Å². The van der Waals surface area contributed by atoms with E-state index in [0.29, 0.717) is 11.8 Å². The van der Waals surface area contributed by atoms with Gasteiger partial charge in [-0.1, -0.05) is 0 Å². The van der Waals surface area contributed by atoms with Crippen LogP contribution < -0.4 is 14.8 Å². The van der Waals surface area contributed by atoms with Crippen molar-refractivity contribution in [2.24, 2.45) is 0 Å². The van der Waals surface area contributed by atoms with E-state index < -0.39 is 38.1 Å². The van der Waals surface area contributed by atoms with Crippen molar-refractivity contribution in [1.29, 1.82) is 0 Å². The number of carboxylic acid groups (broad SMARTS) is 1. The zero-order chi connectivity index (χ0) is 18.8. The SMILES string of the molecule is CNc1cnc(OC)c(NS(=O)(=O)c2cc(C(=O)O)c(F)cc2F)c1. The first-order valence-electron chi connectivity index (χ1n) is 6.66. The Kier molecular flexibility index (Phi) is 5.07. The number of carboxylic acids is 1. The van der Waals surface area contributed by atoms with E-state index in [1.165, 1.54) is 19.4 Å². The lowest BCUT2D eigenvalue weighted by Gasteiger charge is -2.13. The molecule has 134 valence electrons. The molecular weight excluding hydrogens is 360 g/mol. The maximum Gasteiger partial charge on any atom is 0.338 e. The minimum Gasteiger partial charge on any atom is -0.479 e. The number of benzene rings is 1. The zero-order valence-corrected chi connectivity index (χ0v) is 13.8. The number of ether oxygens (including phenoxy) is 1. The Bertz CT molecular complexity index is 934. The van der Waals surface area contributed by atoms with Gasteiger partial charge in [0.2, 0.25) is 5.88 Å². The van der Waals surface area contributed by atoms with Crippen molar-refractivity contribution >= 4 is 27.4 Å². The number of methoxy groups -OCH3 is 1. The van der Waals surface area contributed by atoms with E-state index in [-0.39, 0.29) is 17.6 Å². The van der Waals surface area contributed by atoms with Crippen molar-refractivity contribution in [1.82, 2.24) is 4.98 Å². The van der Waals surface area contributed by atoms with Crippen molar-refractivity contribution in [3.63, 3.8) is 0 Å². The van der Waals surface area contributed by atoms with Crippen LogP contribution in [-0.4, -0.2) is 38.6 Å². The van der Waals surface area contributed by atoms with Gasteiger partial charge in [-0.2, -0.15) is 0 Å². The molecule has 0 fully saturated rings. The molecule has 0 aliphatic carbocycles. The fourth-order valence-electron chi connectivity index (χ4n) is 1.92. The van der Waals surface area contributed by atoms with Gasteiger partial charge in [-0.15, -0.1) is 0 Å². The van der Waals surface area contributed by atoms with Crippen molar-refractivity contribution in [3.05, 3.63) is 41.6 Å². The molecule has 11 heteroatoms. The highest BCUT2D eigenvalue weighted by atomic mass is 32.2. The second kappa shape index (κ2) is 6.89. The standard InChI is InChI=1S/C14H13F2N3O5S/c1-17-7-3-11(13(24-2)18-6-7)19-25(22,23)12-4-8(14(20)21)9(15)5-10(12)16/h3-6,17,19H,1-2H3,(H,20,21). The van der Waals surface area contributed by atoms with Crippen LogP contribution in [0.25, 0.3) is 0 Å². The molecule has 2 aromatic rings. The average molecular weight is 373 g/mol. The summed E-state index contributed by atoms with van der Waals surface area (Å²) in [6.45, 7) is 0. The molecule has 0 atom stereocenters. The number of aromatic nitrogens is 1. The van der Waals surface area contributed by atoms with Crippen LogP contribution in [0.5, 0.6) is 5.88 Å². The van der Waals surface area contributed by atoms with Crippen LogP contribution in [0.2, 0.25) is 0 Å². The first-order chi connectivity index (χ1) is 11.7. The Morgan fingerprint density at radius 2 is 1.92 bits per heavy atom. The van der Waals surface area contributed by atoms with Gasteiger partial charge in [0, 0.05) is 13.1 Å². The van der Waals surface area contributed by atoms with Crippen LogP contribution >= 0.6 is 0 Å². The highest BCUT2D eigenvalue weighted by Gasteiger charge is 2.25. The predicted octanol–water partition coefficient (Wildman–Crippen LogP) is 1.91. The molecule has 0 unspecified atom stereocenters. The molecule has 0 saturated heterocycles. The molecule has 8 nitrogen and oxygen atoms in total. The number of nitrogens with zero attached hydrogens (tertiary/aromatic N) is 1. The van der Waals surface area contributed by atoms with Crippen LogP contribution in [0.4, 0.5) is 20.2 Å². The van der Waals surface area contributed by atoms with Gasteiger partial charge in [0.1, 0.15) is 22.2 Å². The number of halogens is 2. The Balaban J connectivity index is 2.54. The molecule has 0 radical (unpaired) electrons. The molecule has 0 saturated carbocycles. The van der Waals surface area contributed by atoms with E-state index in [9.17, 15) is 22.0 Å². The summed E-state index contributed by atoms with van der Waals surface area (Å²) in [5.74, 6) is -4.65. The smallest absolute Gasteiger partial charge is 0.338 e. The minimum absolute atomic E-state index is 0.0939. The molecule has 0 aliphatic heterocycles. The van der Waals surface area contributed by atoms with Crippen LogP contribution in [0, 0.1) is 11.6 Å². The number of anilines is 2. The monoisotopic (exact) mass is 373 g/mol. The van der Waals surface area contributed by atoms with Gasteiger partial charge < -0.3 is 15.2 Å². The third-order valence-electron chi connectivity index (χ3n) is 3.12. The number of hydrogen-bond donors (Lipinski definition) is 3. The number of rotatable bonds is 6. The molecule has 0 spiro atoms. The summed E-state index contributed by atoms with van der Waals surface area (Å²) in [5.41, 5.74) is -0.657. The second-order valence-corrected chi connectivity index (χ2v) is 6.35. The fourth-order valence-corrected chi connectivity index (χ4v) is 3.06. The van der Waals surface area contributed by atoms with Gasteiger partial charge in [0.25, 0.3) is 10.0 Å². The van der Waals surface area contributed by atoms with E-state index in [4.69, 9.17) is 9.84 Å². The molecule has 2 rings (SSSR count). The van der Waals surface area contributed by atoms with E-state index in [1.807, 2.05) is 4.72 Å². The van der Waals surface area contributed by atoms with Crippen LogP contribution in [-0.2, 0) is 10.0 Å². The molecule has 0 aliphatic rings. The summed E-state index contributed by atoms with van der Waals surface area (Å²) in [5, 5.41) is 11.6. The Morgan fingerprint density at radius 3 is 2.48 bits per heavy atom. The first kappa shape index (κ1) is 18.4. The molecule has 3 N–H and O–H groups in total.